The molecule has 0 saturated carbocycles. The first-order valence-electron chi connectivity index (χ1n) is 8.02. The lowest BCUT2D eigenvalue weighted by molar-refractivity contribution is -0.144. The van der Waals surface area contributed by atoms with E-state index in [9.17, 15) is 14.0 Å². The van der Waals surface area contributed by atoms with Gasteiger partial charge in [-0.15, -0.1) is 0 Å². The quantitative estimate of drug-likeness (QED) is 0.786. The molecule has 1 heterocycles. The van der Waals surface area contributed by atoms with Crippen molar-refractivity contribution in [3.8, 4) is 0 Å². The van der Waals surface area contributed by atoms with Gasteiger partial charge in [-0.3, -0.25) is 9.59 Å². The molecule has 1 fully saturated rings. The van der Waals surface area contributed by atoms with E-state index in [1.807, 2.05) is 0 Å². The maximum atomic E-state index is 13.1. The highest BCUT2D eigenvalue weighted by Gasteiger charge is 2.25. The van der Waals surface area contributed by atoms with Crippen molar-refractivity contribution in [2.24, 2.45) is 5.92 Å². The fraction of sp³-hybridized carbons (Fsp3) is 0.529. The minimum Gasteiger partial charge on any atom is -0.466 e. The van der Waals surface area contributed by atoms with Crippen molar-refractivity contribution in [2.75, 3.05) is 19.7 Å². The zero-order chi connectivity index (χ0) is 16.7. The molecule has 0 bridgehead atoms. The average molecular weight is 322 g/mol. The van der Waals surface area contributed by atoms with Crippen molar-refractivity contribution < 1.29 is 18.7 Å². The SMILES string of the molecule is CCOC(=O)CC(NC(=O)C1CCCNC1)c1ccc(F)cc1. The Morgan fingerprint density at radius 3 is 2.74 bits per heavy atom. The van der Waals surface area contributed by atoms with Crippen LogP contribution in [-0.2, 0) is 14.3 Å². The summed E-state index contributed by atoms with van der Waals surface area (Å²) in [6.45, 7) is 3.59. The van der Waals surface area contributed by atoms with Crippen molar-refractivity contribution in [3.63, 3.8) is 0 Å². The van der Waals surface area contributed by atoms with Crippen LogP contribution in [0.1, 0.15) is 37.8 Å². The van der Waals surface area contributed by atoms with E-state index in [0.717, 1.165) is 19.4 Å². The van der Waals surface area contributed by atoms with Crippen LogP contribution in [0.5, 0.6) is 0 Å². The summed E-state index contributed by atoms with van der Waals surface area (Å²) in [6, 6.07) is 5.30. The van der Waals surface area contributed by atoms with E-state index >= 15 is 0 Å². The Labute approximate surface area is 135 Å². The van der Waals surface area contributed by atoms with Crippen LogP contribution in [0.2, 0.25) is 0 Å². The third-order valence-corrected chi connectivity index (χ3v) is 3.93. The van der Waals surface area contributed by atoms with Gasteiger partial charge < -0.3 is 15.4 Å². The van der Waals surface area contributed by atoms with Gasteiger partial charge in [0.25, 0.3) is 0 Å². The minimum atomic E-state index is -0.510. The van der Waals surface area contributed by atoms with Gasteiger partial charge in [-0.2, -0.15) is 0 Å². The Hall–Kier alpha value is -1.95. The Balaban J connectivity index is 2.07. The molecule has 6 heteroatoms. The zero-order valence-electron chi connectivity index (χ0n) is 13.3. The molecule has 1 aromatic rings. The van der Waals surface area contributed by atoms with Crippen molar-refractivity contribution in [1.29, 1.82) is 0 Å². The molecular formula is C17H23FN2O3. The van der Waals surface area contributed by atoms with E-state index in [1.54, 1.807) is 19.1 Å². The molecule has 2 atom stereocenters. The Bertz CT molecular complexity index is 527. The second kappa shape index (κ2) is 8.62. The number of hydrogen-bond acceptors (Lipinski definition) is 4. The first-order chi connectivity index (χ1) is 11.1. The zero-order valence-corrected chi connectivity index (χ0v) is 13.3. The topological polar surface area (TPSA) is 67.4 Å². The van der Waals surface area contributed by atoms with Crippen molar-refractivity contribution in [2.45, 2.75) is 32.2 Å². The molecule has 1 aliphatic rings. The van der Waals surface area contributed by atoms with E-state index in [-0.39, 0.29) is 36.6 Å². The van der Waals surface area contributed by atoms with Gasteiger partial charge in [0.15, 0.2) is 0 Å². The Morgan fingerprint density at radius 2 is 2.13 bits per heavy atom. The van der Waals surface area contributed by atoms with Gasteiger partial charge in [-0.1, -0.05) is 12.1 Å². The van der Waals surface area contributed by atoms with Crippen LogP contribution in [0.4, 0.5) is 4.39 Å². The van der Waals surface area contributed by atoms with Crippen molar-refractivity contribution in [1.82, 2.24) is 10.6 Å². The van der Waals surface area contributed by atoms with Gasteiger partial charge in [0.1, 0.15) is 5.82 Å². The molecule has 1 saturated heterocycles. The van der Waals surface area contributed by atoms with Gasteiger partial charge in [-0.05, 0) is 44.0 Å². The lowest BCUT2D eigenvalue weighted by Crippen LogP contribution is -2.42. The molecule has 2 unspecified atom stereocenters. The Morgan fingerprint density at radius 1 is 1.39 bits per heavy atom. The predicted molar refractivity (Wildman–Crippen MR) is 84.1 cm³/mol. The molecule has 1 aliphatic heterocycles. The monoisotopic (exact) mass is 322 g/mol. The summed E-state index contributed by atoms with van der Waals surface area (Å²) < 4.78 is 18.1. The summed E-state index contributed by atoms with van der Waals surface area (Å²) in [4.78, 5) is 24.2. The number of esters is 1. The maximum absolute atomic E-state index is 13.1. The largest absolute Gasteiger partial charge is 0.466 e. The molecule has 0 spiro atoms. The number of halogens is 1. The van der Waals surface area contributed by atoms with Crippen LogP contribution in [0.3, 0.4) is 0 Å². The highest BCUT2D eigenvalue weighted by molar-refractivity contribution is 5.80. The lowest BCUT2D eigenvalue weighted by Gasteiger charge is -2.25. The summed E-state index contributed by atoms with van der Waals surface area (Å²) in [5.74, 6) is -0.931. The van der Waals surface area contributed by atoms with E-state index in [2.05, 4.69) is 10.6 Å². The van der Waals surface area contributed by atoms with E-state index < -0.39 is 6.04 Å². The molecular weight excluding hydrogens is 299 g/mol. The number of piperidine rings is 1. The minimum absolute atomic E-state index is 0.0331. The molecule has 0 aliphatic carbocycles. The Kier molecular flexibility index (Phi) is 6.52. The van der Waals surface area contributed by atoms with Gasteiger partial charge >= 0.3 is 5.97 Å². The summed E-state index contributed by atoms with van der Waals surface area (Å²) in [5, 5.41) is 6.10. The average Bonchev–Trinajstić information content (AvgIpc) is 2.56. The number of rotatable bonds is 6. The smallest absolute Gasteiger partial charge is 0.308 e. The van der Waals surface area contributed by atoms with E-state index in [0.29, 0.717) is 12.1 Å². The highest BCUT2D eigenvalue weighted by atomic mass is 19.1. The first kappa shape index (κ1) is 17.4. The molecule has 1 amide bonds. The van der Waals surface area contributed by atoms with Crippen LogP contribution in [0.15, 0.2) is 24.3 Å². The van der Waals surface area contributed by atoms with Crippen LogP contribution < -0.4 is 10.6 Å². The number of benzene rings is 1. The maximum Gasteiger partial charge on any atom is 0.308 e. The van der Waals surface area contributed by atoms with Crippen molar-refractivity contribution >= 4 is 11.9 Å². The number of nitrogens with one attached hydrogen (secondary N) is 2. The first-order valence-corrected chi connectivity index (χ1v) is 8.02. The van der Waals surface area contributed by atoms with Crippen LogP contribution in [0.25, 0.3) is 0 Å². The van der Waals surface area contributed by atoms with Gasteiger partial charge in [-0.25, -0.2) is 4.39 Å². The summed E-state index contributed by atoms with van der Waals surface area (Å²) >= 11 is 0. The van der Waals surface area contributed by atoms with E-state index in [4.69, 9.17) is 4.74 Å². The molecule has 0 aromatic heterocycles. The number of carbonyl (C=O) groups excluding carboxylic acids is 2. The standard InChI is InChI=1S/C17H23FN2O3/c1-2-23-16(21)10-15(12-5-7-14(18)8-6-12)20-17(22)13-4-3-9-19-11-13/h5-8,13,15,19H,2-4,9-11H2,1H3,(H,20,22). The molecule has 0 radical (unpaired) electrons. The number of amides is 1. The molecule has 126 valence electrons. The van der Waals surface area contributed by atoms with E-state index in [1.165, 1.54) is 12.1 Å². The van der Waals surface area contributed by atoms with Gasteiger partial charge in [0.05, 0.1) is 25.0 Å². The molecule has 5 nitrogen and oxygen atoms in total. The van der Waals surface area contributed by atoms with Crippen LogP contribution >= 0.6 is 0 Å². The second-order valence-electron chi connectivity index (χ2n) is 5.67. The molecule has 23 heavy (non-hydrogen) atoms. The van der Waals surface area contributed by atoms with Gasteiger partial charge in [0.2, 0.25) is 5.91 Å². The second-order valence-corrected chi connectivity index (χ2v) is 5.67. The molecule has 2 N–H and O–H groups in total. The number of hydrogen-bond donors (Lipinski definition) is 2. The summed E-state index contributed by atoms with van der Waals surface area (Å²) in [5.41, 5.74) is 0.691. The number of ether oxygens (including phenoxy) is 1. The van der Waals surface area contributed by atoms with Crippen molar-refractivity contribution in [3.05, 3.63) is 35.6 Å². The number of carbonyl (C=O) groups is 2. The predicted octanol–water partition coefficient (Wildman–Crippen LogP) is 1.94. The normalized spacial score (nSPS) is 19.0. The third-order valence-electron chi connectivity index (χ3n) is 3.93. The summed E-state index contributed by atoms with van der Waals surface area (Å²) in [6.07, 6.45) is 1.82. The van der Waals surface area contributed by atoms with Crippen LogP contribution in [0, 0.1) is 11.7 Å². The molecule has 1 aromatic carbocycles. The van der Waals surface area contributed by atoms with Crippen LogP contribution in [-0.4, -0.2) is 31.6 Å². The highest BCUT2D eigenvalue weighted by Crippen LogP contribution is 2.20. The fourth-order valence-corrected chi connectivity index (χ4v) is 2.70. The third kappa shape index (κ3) is 5.32. The van der Waals surface area contributed by atoms with Gasteiger partial charge in [0, 0.05) is 6.54 Å². The summed E-state index contributed by atoms with van der Waals surface area (Å²) in [7, 11) is 0. The lowest BCUT2D eigenvalue weighted by atomic mass is 9.97. The molecule has 2 rings (SSSR count). The fourth-order valence-electron chi connectivity index (χ4n) is 2.70.